The second kappa shape index (κ2) is 8.52. The maximum atomic E-state index is 13.8. The number of rotatable bonds is 6. The Morgan fingerprint density at radius 3 is 2.31 bits per heavy atom. The summed E-state index contributed by atoms with van der Waals surface area (Å²) >= 11 is 0. The number of hydrogen-bond donors (Lipinski definition) is 1. The zero-order valence-electron chi connectivity index (χ0n) is 15.6. The number of benzene rings is 2. The fourth-order valence-electron chi connectivity index (χ4n) is 2.68. The molecule has 3 aromatic rings. The van der Waals surface area contributed by atoms with Gasteiger partial charge in [0, 0.05) is 17.8 Å². The number of carbonyl (C=O) groups is 1. The van der Waals surface area contributed by atoms with Crippen molar-refractivity contribution in [1.82, 2.24) is 4.98 Å². The van der Waals surface area contributed by atoms with Gasteiger partial charge in [-0.3, -0.25) is 0 Å². The van der Waals surface area contributed by atoms with E-state index in [1.54, 1.807) is 38.1 Å². The largest absolute Gasteiger partial charge is 0.478 e. The first-order valence-corrected chi connectivity index (χ1v) is 8.62. The number of carboxylic acid groups (broad SMARTS) is 1. The smallest absolute Gasteiger partial charge is 0.336 e. The van der Waals surface area contributed by atoms with Gasteiger partial charge in [0.1, 0.15) is 11.5 Å². The van der Waals surface area contributed by atoms with Gasteiger partial charge in [-0.15, -0.1) is 0 Å². The molecular weight excluding hydrogens is 380 g/mol. The van der Waals surface area contributed by atoms with E-state index in [4.69, 9.17) is 9.47 Å². The highest BCUT2D eigenvalue weighted by Gasteiger charge is 2.18. The van der Waals surface area contributed by atoms with Crippen molar-refractivity contribution >= 4 is 11.5 Å². The molecule has 1 N–H and O–H groups in total. The molecule has 3 rings (SSSR count). The molecule has 0 amide bonds. The Morgan fingerprint density at radius 2 is 1.66 bits per heavy atom. The Labute approximate surface area is 165 Å². The Morgan fingerprint density at radius 1 is 0.966 bits per heavy atom. The molecule has 29 heavy (non-hydrogen) atoms. The number of pyridine rings is 1. The van der Waals surface area contributed by atoms with Crippen molar-refractivity contribution in [3.8, 4) is 23.1 Å². The van der Waals surface area contributed by atoms with Crippen molar-refractivity contribution in [1.29, 1.82) is 0 Å². The number of aliphatic carboxylic acids is 1. The predicted molar refractivity (Wildman–Crippen MR) is 103 cm³/mol. The van der Waals surface area contributed by atoms with Gasteiger partial charge < -0.3 is 14.6 Å². The van der Waals surface area contributed by atoms with Crippen LogP contribution in [0.25, 0.3) is 5.57 Å². The summed E-state index contributed by atoms with van der Waals surface area (Å²) in [6.45, 7) is 3.39. The number of nitrogens with zero attached hydrogens (tertiary/aromatic N) is 1. The number of para-hydroxylation sites is 2. The van der Waals surface area contributed by atoms with Crippen LogP contribution in [0.2, 0.25) is 0 Å². The van der Waals surface area contributed by atoms with Crippen LogP contribution in [-0.4, -0.2) is 16.1 Å². The molecule has 1 aromatic heterocycles. The fraction of sp³-hybridized carbons (Fsp3) is 0.0909. The van der Waals surface area contributed by atoms with Crippen LogP contribution in [0.3, 0.4) is 0 Å². The molecule has 2 aromatic carbocycles. The third-order valence-corrected chi connectivity index (χ3v) is 3.93. The quantitative estimate of drug-likeness (QED) is 0.531. The van der Waals surface area contributed by atoms with E-state index in [0.717, 1.165) is 12.1 Å². The van der Waals surface area contributed by atoms with Crippen molar-refractivity contribution in [2.24, 2.45) is 0 Å². The summed E-state index contributed by atoms with van der Waals surface area (Å²) in [7, 11) is 0. The second-order valence-corrected chi connectivity index (χ2v) is 6.26. The topological polar surface area (TPSA) is 68.7 Å². The second-order valence-electron chi connectivity index (χ2n) is 6.26. The van der Waals surface area contributed by atoms with Gasteiger partial charge >= 0.3 is 5.97 Å². The molecule has 148 valence electrons. The van der Waals surface area contributed by atoms with Crippen molar-refractivity contribution in [2.45, 2.75) is 13.8 Å². The highest BCUT2D eigenvalue weighted by atomic mass is 19.1. The van der Waals surface area contributed by atoms with E-state index < -0.39 is 23.4 Å². The molecule has 0 fully saturated rings. The molecule has 0 aliphatic carbocycles. The molecule has 7 heteroatoms. The van der Waals surface area contributed by atoms with Gasteiger partial charge in [0.15, 0.2) is 11.6 Å². The molecule has 0 atom stereocenters. The third kappa shape index (κ3) is 4.57. The number of aromatic nitrogens is 1. The minimum absolute atomic E-state index is 0.0790. The molecule has 0 saturated carbocycles. The van der Waals surface area contributed by atoms with Gasteiger partial charge in [-0.05, 0) is 38.1 Å². The molecular formula is C22H17F2NO4. The number of hydrogen-bond acceptors (Lipinski definition) is 4. The monoisotopic (exact) mass is 397 g/mol. The van der Waals surface area contributed by atoms with Crippen LogP contribution in [0.4, 0.5) is 8.78 Å². The molecule has 0 radical (unpaired) electrons. The van der Waals surface area contributed by atoms with Crippen LogP contribution >= 0.6 is 0 Å². The standard InChI is InChI=1S/C22H17F2NO4/c1-13(2)20(22(26)27)15-6-3-4-9-18(15)28-14-10-11-25-19(12-14)29-21-16(23)7-5-8-17(21)24/h3-12H,1-2H3,(H,26,27). The Bertz CT molecular complexity index is 1070. The van der Waals surface area contributed by atoms with Gasteiger partial charge in [0.05, 0.1) is 5.57 Å². The summed E-state index contributed by atoms with van der Waals surface area (Å²) in [5, 5.41) is 9.53. The molecule has 0 bridgehead atoms. The fourth-order valence-corrected chi connectivity index (χ4v) is 2.68. The van der Waals surface area contributed by atoms with E-state index in [0.29, 0.717) is 16.9 Å². The maximum Gasteiger partial charge on any atom is 0.336 e. The maximum absolute atomic E-state index is 13.8. The molecule has 1 heterocycles. The summed E-state index contributed by atoms with van der Waals surface area (Å²) in [6.07, 6.45) is 1.35. The number of carboxylic acids is 1. The Balaban J connectivity index is 1.93. The van der Waals surface area contributed by atoms with Crippen LogP contribution in [-0.2, 0) is 4.79 Å². The highest BCUT2D eigenvalue weighted by molar-refractivity contribution is 6.17. The van der Waals surface area contributed by atoms with Crippen LogP contribution < -0.4 is 9.47 Å². The Kier molecular flexibility index (Phi) is 5.87. The summed E-state index contributed by atoms with van der Waals surface area (Å²) in [4.78, 5) is 15.6. The van der Waals surface area contributed by atoms with E-state index in [1.165, 1.54) is 24.4 Å². The zero-order chi connectivity index (χ0) is 21.0. The van der Waals surface area contributed by atoms with Gasteiger partial charge in [0.2, 0.25) is 11.6 Å². The average Bonchev–Trinajstić information content (AvgIpc) is 2.66. The number of allylic oxidation sites excluding steroid dienone is 1. The van der Waals surface area contributed by atoms with Crippen LogP contribution in [0.5, 0.6) is 23.1 Å². The van der Waals surface area contributed by atoms with Gasteiger partial charge in [-0.2, -0.15) is 0 Å². The highest BCUT2D eigenvalue weighted by Crippen LogP contribution is 2.34. The lowest BCUT2D eigenvalue weighted by molar-refractivity contribution is -0.130. The van der Waals surface area contributed by atoms with Crippen molar-refractivity contribution in [2.75, 3.05) is 0 Å². The van der Waals surface area contributed by atoms with Crippen molar-refractivity contribution in [3.05, 3.63) is 83.6 Å². The van der Waals surface area contributed by atoms with E-state index in [9.17, 15) is 18.7 Å². The molecule has 0 aliphatic heterocycles. The lowest BCUT2D eigenvalue weighted by Gasteiger charge is -2.13. The lowest BCUT2D eigenvalue weighted by atomic mass is 10.0. The van der Waals surface area contributed by atoms with Gasteiger partial charge in [-0.25, -0.2) is 18.6 Å². The normalized spacial score (nSPS) is 10.3. The van der Waals surface area contributed by atoms with E-state index >= 15 is 0 Å². The Hall–Kier alpha value is -3.74. The number of halogens is 2. The molecule has 5 nitrogen and oxygen atoms in total. The molecule has 0 unspecified atom stereocenters. The van der Waals surface area contributed by atoms with E-state index in [1.807, 2.05) is 0 Å². The minimum Gasteiger partial charge on any atom is -0.478 e. The lowest BCUT2D eigenvalue weighted by Crippen LogP contribution is -2.03. The predicted octanol–water partition coefficient (Wildman–Crippen LogP) is 5.82. The average molecular weight is 397 g/mol. The van der Waals surface area contributed by atoms with Gasteiger partial charge in [0.25, 0.3) is 0 Å². The van der Waals surface area contributed by atoms with Crippen LogP contribution in [0.1, 0.15) is 19.4 Å². The minimum atomic E-state index is -1.07. The first-order chi connectivity index (χ1) is 13.9. The SMILES string of the molecule is CC(C)=C(C(=O)O)c1ccccc1Oc1ccnc(Oc2c(F)cccc2F)c1. The van der Waals surface area contributed by atoms with Crippen molar-refractivity contribution in [3.63, 3.8) is 0 Å². The summed E-state index contributed by atoms with van der Waals surface area (Å²) in [5.41, 5.74) is 1.14. The van der Waals surface area contributed by atoms with Crippen LogP contribution in [0.15, 0.2) is 66.4 Å². The van der Waals surface area contributed by atoms with E-state index in [2.05, 4.69) is 4.98 Å². The first kappa shape index (κ1) is 20.0. The summed E-state index contributed by atoms with van der Waals surface area (Å²) in [6, 6.07) is 12.9. The van der Waals surface area contributed by atoms with Crippen LogP contribution in [0, 0.1) is 11.6 Å². The first-order valence-electron chi connectivity index (χ1n) is 8.62. The summed E-state index contributed by atoms with van der Waals surface area (Å²) < 4.78 is 38.6. The zero-order valence-corrected chi connectivity index (χ0v) is 15.6. The molecule has 0 spiro atoms. The van der Waals surface area contributed by atoms with Crippen molar-refractivity contribution < 1.29 is 28.2 Å². The molecule has 0 saturated heterocycles. The number of ether oxygens (including phenoxy) is 2. The van der Waals surface area contributed by atoms with Gasteiger partial charge in [-0.1, -0.05) is 29.8 Å². The summed E-state index contributed by atoms with van der Waals surface area (Å²) in [5.74, 6) is -2.89. The molecule has 0 aliphatic rings. The third-order valence-electron chi connectivity index (χ3n) is 3.93. The van der Waals surface area contributed by atoms with E-state index in [-0.39, 0.29) is 17.2 Å².